The van der Waals surface area contributed by atoms with Crippen molar-refractivity contribution in [1.29, 1.82) is 0 Å². The van der Waals surface area contributed by atoms with Gasteiger partial charge in [0.15, 0.2) is 0 Å². The first-order valence-corrected chi connectivity index (χ1v) is 7.87. The maximum absolute atomic E-state index is 6.09. The molecule has 3 atom stereocenters. The van der Waals surface area contributed by atoms with Crippen LogP contribution >= 0.6 is 0 Å². The SMILES string of the molecule is CCOc1ccccc1C(NN)C1CN2CCCC2CO1. The lowest BCUT2D eigenvalue weighted by molar-refractivity contribution is -0.0656. The Morgan fingerprint density at radius 3 is 3.14 bits per heavy atom. The monoisotopic (exact) mass is 291 g/mol. The van der Waals surface area contributed by atoms with Crippen LogP contribution in [0, 0.1) is 0 Å². The number of nitrogens with zero attached hydrogens (tertiary/aromatic N) is 1. The molecular weight excluding hydrogens is 266 g/mol. The van der Waals surface area contributed by atoms with Crippen molar-refractivity contribution in [2.75, 3.05) is 26.3 Å². The lowest BCUT2D eigenvalue weighted by Crippen LogP contribution is -2.51. The Hall–Kier alpha value is -1.14. The zero-order valence-electron chi connectivity index (χ0n) is 12.6. The number of fused-ring (bicyclic) bond motifs is 1. The van der Waals surface area contributed by atoms with Crippen molar-refractivity contribution in [2.45, 2.75) is 38.0 Å². The van der Waals surface area contributed by atoms with Gasteiger partial charge in [-0.15, -0.1) is 0 Å². The number of nitrogens with one attached hydrogen (secondary N) is 1. The van der Waals surface area contributed by atoms with Crippen molar-refractivity contribution in [3.05, 3.63) is 29.8 Å². The second-order valence-corrected chi connectivity index (χ2v) is 5.78. The molecule has 3 unspecified atom stereocenters. The average molecular weight is 291 g/mol. The topological polar surface area (TPSA) is 59.8 Å². The highest BCUT2D eigenvalue weighted by atomic mass is 16.5. The number of morpholine rings is 1. The molecule has 0 saturated carbocycles. The fourth-order valence-corrected chi connectivity index (χ4v) is 3.47. The van der Waals surface area contributed by atoms with Gasteiger partial charge in [0.25, 0.3) is 0 Å². The van der Waals surface area contributed by atoms with E-state index in [1.54, 1.807) is 0 Å². The van der Waals surface area contributed by atoms with Gasteiger partial charge in [-0.05, 0) is 32.4 Å². The summed E-state index contributed by atoms with van der Waals surface area (Å²) in [5.74, 6) is 6.72. The van der Waals surface area contributed by atoms with Gasteiger partial charge in [0, 0.05) is 18.2 Å². The van der Waals surface area contributed by atoms with Gasteiger partial charge in [0.1, 0.15) is 5.75 Å². The molecule has 3 N–H and O–H groups in total. The number of benzene rings is 1. The molecule has 3 rings (SSSR count). The Morgan fingerprint density at radius 2 is 2.33 bits per heavy atom. The van der Waals surface area contributed by atoms with E-state index in [-0.39, 0.29) is 12.1 Å². The van der Waals surface area contributed by atoms with E-state index in [9.17, 15) is 0 Å². The number of ether oxygens (including phenoxy) is 2. The van der Waals surface area contributed by atoms with Gasteiger partial charge in [0.2, 0.25) is 0 Å². The van der Waals surface area contributed by atoms with Crippen LogP contribution in [0.2, 0.25) is 0 Å². The molecular formula is C16H25N3O2. The quantitative estimate of drug-likeness (QED) is 0.635. The van der Waals surface area contributed by atoms with Crippen LogP contribution in [-0.2, 0) is 4.74 Å². The van der Waals surface area contributed by atoms with Gasteiger partial charge in [-0.3, -0.25) is 16.2 Å². The van der Waals surface area contributed by atoms with Crippen molar-refractivity contribution in [2.24, 2.45) is 5.84 Å². The Kier molecular flexibility index (Phi) is 4.75. The first-order chi connectivity index (χ1) is 10.3. The maximum Gasteiger partial charge on any atom is 0.124 e. The predicted octanol–water partition coefficient (Wildman–Crippen LogP) is 1.45. The maximum atomic E-state index is 6.09. The van der Waals surface area contributed by atoms with Crippen LogP contribution in [0.1, 0.15) is 31.4 Å². The normalized spacial score (nSPS) is 27.3. The molecule has 0 radical (unpaired) electrons. The van der Waals surface area contributed by atoms with Crippen molar-refractivity contribution >= 4 is 0 Å². The molecule has 0 amide bonds. The largest absolute Gasteiger partial charge is 0.494 e. The zero-order chi connectivity index (χ0) is 14.7. The summed E-state index contributed by atoms with van der Waals surface area (Å²) in [6.07, 6.45) is 2.59. The highest BCUT2D eigenvalue weighted by Crippen LogP contribution is 2.32. The summed E-state index contributed by atoms with van der Waals surface area (Å²) in [5.41, 5.74) is 4.01. The number of hydrogen-bond acceptors (Lipinski definition) is 5. The molecule has 0 spiro atoms. The van der Waals surface area contributed by atoms with Crippen LogP contribution in [0.4, 0.5) is 0 Å². The minimum absolute atomic E-state index is 0.0469. The standard InChI is InChI=1S/C16H25N3O2/c1-2-20-14-8-4-3-7-13(14)16(18-17)15-10-19-9-5-6-12(19)11-21-15/h3-4,7-8,12,15-16,18H,2,5-6,9-11,17H2,1H3. The smallest absolute Gasteiger partial charge is 0.124 e. The number of hydrogen-bond donors (Lipinski definition) is 2. The molecule has 21 heavy (non-hydrogen) atoms. The third kappa shape index (κ3) is 3.06. The van der Waals surface area contributed by atoms with Crippen molar-refractivity contribution < 1.29 is 9.47 Å². The van der Waals surface area contributed by atoms with Crippen LogP contribution in [0.3, 0.4) is 0 Å². The third-order valence-corrected chi connectivity index (χ3v) is 4.52. The minimum atomic E-state index is -0.0469. The van der Waals surface area contributed by atoms with Gasteiger partial charge in [-0.2, -0.15) is 0 Å². The number of hydrazine groups is 1. The van der Waals surface area contributed by atoms with Gasteiger partial charge < -0.3 is 9.47 Å². The summed E-state index contributed by atoms with van der Waals surface area (Å²) in [6.45, 7) is 5.55. The van der Waals surface area contributed by atoms with E-state index in [0.29, 0.717) is 12.6 Å². The second-order valence-electron chi connectivity index (χ2n) is 5.78. The molecule has 2 fully saturated rings. The van der Waals surface area contributed by atoms with Crippen LogP contribution in [0.15, 0.2) is 24.3 Å². The Bertz CT molecular complexity index is 469. The Morgan fingerprint density at radius 1 is 1.48 bits per heavy atom. The summed E-state index contributed by atoms with van der Waals surface area (Å²) in [4.78, 5) is 2.53. The Balaban J connectivity index is 1.78. The van der Waals surface area contributed by atoms with Gasteiger partial charge in [-0.1, -0.05) is 18.2 Å². The van der Waals surface area contributed by atoms with Crippen LogP contribution in [-0.4, -0.2) is 43.3 Å². The number of nitrogens with two attached hydrogens (primary N) is 1. The molecule has 5 nitrogen and oxygen atoms in total. The van der Waals surface area contributed by atoms with E-state index < -0.39 is 0 Å². The first-order valence-electron chi connectivity index (χ1n) is 7.87. The van der Waals surface area contributed by atoms with Crippen LogP contribution < -0.4 is 16.0 Å². The molecule has 0 aromatic heterocycles. The van der Waals surface area contributed by atoms with Crippen LogP contribution in [0.25, 0.3) is 0 Å². The average Bonchev–Trinajstić information content (AvgIpc) is 2.98. The van der Waals surface area contributed by atoms with Gasteiger partial charge >= 0.3 is 0 Å². The van der Waals surface area contributed by atoms with Gasteiger partial charge in [-0.25, -0.2) is 0 Å². The van der Waals surface area contributed by atoms with E-state index in [0.717, 1.165) is 24.5 Å². The van der Waals surface area contributed by atoms with E-state index in [2.05, 4.69) is 16.4 Å². The predicted molar refractivity (Wildman–Crippen MR) is 82.0 cm³/mol. The highest BCUT2D eigenvalue weighted by molar-refractivity contribution is 5.36. The van der Waals surface area contributed by atoms with Crippen molar-refractivity contribution in [3.8, 4) is 5.75 Å². The van der Waals surface area contributed by atoms with Crippen molar-refractivity contribution in [3.63, 3.8) is 0 Å². The Labute approximate surface area is 126 Å². The van der Waals surface area contributed by atoms with Crippen molar-refractivity contribution in [1.82, 2.24) is 10.3 Å². The molecule has 1 aromatic rings. The highest BCUT2D eigenvalue weighted by Gasteiger charge is 2.36. The first kappa shape index (κ1) is 14.8. The summed E-state index contributed by atoms with van der Waals surface area (Å²) in [7, 11) is 0. The van der Waals surface area contributed by atoms with E-state index >= 15 is 0 Å². The summed E-state index contributed by atoms with van der Waals surface area (Å²) in [6, 6.07) is 8.61. The fourth-order valence-electron chi connectivity index (χ4n) is 3.47. The lowest BCUT2D eigenvalue weighted by Gasteiger charge is -2.39. The summed E-state index contributed by atoms with van der Waals surface area (Å²) in [5, 5.41) is 0. The number of para-hydroxylation sites is 1. The molecule has 2 aliphatic heterocycles. The zero-order valence-corrected chi connectivity index (χ0v) is 12.6. The molecule has 0 aliphatic carbocycles. The van der Waals surface area contributed by atoms with Crippen LogP contribution in [0.5, 0.6) is 5.75 Å². The van der Waals surface area contributed by atoms with Gasteiger partial charge in [0.05, 0.1) is 25.4 Å². The molecule has 5 heteroatoms. The summed E-state index contributed by atoms with van der Waals surface area (Å²) >= 11 is 0. The number of rotatable bonds is 5. The fraction of sp³-hybridized carbons (Fsp3) is 0.625. The molecule has 1 aromatic carbocycles. The lowest BCUT2D eigenvalue weighted by atomic mass is 9.99. The molecule has 2 heterocycles. The van der Waals surface area contributed by atoms with E-state index in [4.69, 9.17) is 15.3 Å². The second kappa shape index (κ2) is 6.75. The van der Waals surface area contributed by atoms with E-state index in [1.165, 1.54) is 19.4 Å². The third-order valence-electron chi connectivity index (χ3n) is 4.52. The van der Waals surface area contributed by atoms with E-state index in [1.807, 2.05) is 25.1 Å². The molecule has 2 saturated heterocycles. The molecule has 0 bridgehead atoms. The molecule has 116 valence electrons. The summed E-state index contributed by atoms with van der Waals surface area (Å²) < 4.78 is 11.8. The molecule has 2 aliphatic rings. The minimum Gasteiger partial charge on any atom is -0.494 e.